The second-order valence-electron chi connectivity index (χ2n) is 2.91. The molecule has 1 rings (SSSR count). The molecule has 0 saturated heterocycles. The summed E-state index contributed by atoms with van der Waals surface area (Å²) in [4.78, 5) is 0. The molecule has 0 saturated carbocycles. The molecule has 0 radical (unpaired) electrons. The Balaban J connectivity index is 3.32. The number of aryl methyl sites for hydroxylation is 1. The molecule has 0 aliphatic heterocycles. The van der Waals surface area contributed by atoms with Crippen molar-refractivity contribution in [2.75, 3.05) is 12.4 Å². The van der Waals surface area contributed by atoms with E-state index < -0.39 is 0 Å². The van der Waals surface area contributed by atoms with E-state index in [1.165, 1.54) is 11.1 Å². The van der Waals surface area contributed by atoms with Gasteiger partial charge in [0.15, 0.2) is 0 Å². The smallest absolute Gasteiger partial charge is 0.0422 e. The topological polar surface area (TPSA) is 12.0 Å². The first-order valence-electron chi connectivity index (χ1n) is 4.30. The van der Waals surface area contributed by atoms with Crippen LogP contribution in [0.4, 0.5) is 5.69 Å². The molecule has 0 heterocycles. The summed E-state index contributed by atoms with van der Waals surface area (Å²) in [5, 5.41) is 3.17. The molecule has 0 aromatic heterocycles. The van der Waals surface area contributed by atoms with Gasteiger partial charge in [-0.1, -0.05) is 18.2 Å². The van der Waals surface area contributed by atoms with Gasteiger partial charge in [-0.25, -0.2) is 0 Å². The second kappa shape index (κ2) is 4.47. The summed E-state index contributed by atoms with van der Waals surface area (Å²) in [5.41, 5.74) is 3.62. The van der Waals surface area contributed by atoms with E-state index in [9.17, 15) is 0 Å². The average molecular weight is 240 g/mol. The molecule has 2 heteroatoms. The van der Waals surface area contributed by atoms with E-state index in [-0.39, 0.29) is 0 Å². The van der Waals surface area contributed by atoms with Crippen LogP contribution in [0.2, 0.25) is 0 Å². The fourth-order valence-electron chi connectivity index (χ4n) is 1.25. The number of nitrogens with one attached hydrogen (secondary N) is 1. The predicted molar refractivity (Wildman–Crippen MR) is 63.1 cm³/mol. The highest BCUT2D eigenvalue weighted by atomic mass is 79.9. The number of anilines is 1. The van der Waals surface area contributed by atoms with Gasteiger partial charge in [0.2, 0.25) is 0 Å². The lowest BCUT2D eigenvalue weighted by Crippen LogP contribution is -1.93. The van der Waals surface area contributed by atoms with Gasteiger partial charge in [0.25, 0.3) is 0 Å². The number of benzene rings is 1. The van der Waals surface area contributed by atoms with E-state index in [1.807, 2.05) is 20.0 Å². The lowest BCUT2D eigenvalue weighted by atomic mass is 10.1. The number of hydrogen-bond acceptors (Lipinski definition) is 1. The van der Waals surface area contributed by atoms with Crippen molar-refractivity contribution < 1.29 is 0 Å². The fraction of sp³-hybridized carbons (Fsp3) is 0.273. The molecule has 1 aromatic rings. The van der Waals surface area contributed by atoms with Gasteiger partial charge in [-0.05, 0) is 41.4 Å². The molecule has 0 atom stereocenters. The molecular weight excluding hydrogens is 226 g/mol. The zero-order chi connectivity index (χ0) is 9.84. The van der Waals surface area contributed by atoms with Gasteiger partial charge in [0.05, 0.1) is 0 Å². The van der Waals surface area contributed by atoms with Gasteiger partial charge in [0, 0.05) is 22.8 Å². The van der Waals surface area contributed by atoms with Crippen LogP contribution in [0.15, 0.2) is 22.7 Å². The first-order chi connectivity index (χ1) is 6.20. The highest BCUT2D eigenvalue weighted by Gasteiger charge is 2.04. The second-order valence-corrected chi connectivity index (χ2v) is 3.70. The maximum absolute atomic E-state index is 3.58. The highest BCUT2D eigenvalue weighted by Crippen LogP contribution is 2.29. The predicted octanol–water partition coefficient (Wildman–Crippen LogP) is 3.83. The number of hydrogen-bond donors (Lipinski definition) is 1. The van der Waals surface area contributed by atoms with Crippen molar-refractivity contribution >= 4 is 27.7 Å². The van der Waals surface area contributed by atoms with Crippen molar-refractivity contribution in [1.82, 2.24) is 0 Å². The first-order valence-corrected chi connectivity index (χ1v) is 5.09. The fourth-order valence-corrected chi connectivity index (χ4v) is 1.73. The lowest BCUT2D eigenvalue weighted by molar-refractivity contribution is 1.38. The Morgan fingerprint density at radius 2 is 2.08 bits per heavy atom. The zero-order valence-corrected chi connectivity index (χ0v) is 9.77. The standard InChI is InChI=1S/C11H14BrN/c1-4-5-9-10(13-3)7-6-8(2)11(9)12/h4-7,13H,1-3H3/b5-4-. The third-order valence-electron chi connectivity index (χ3n) is 1.98. The lowest BCUT2D eigenvalue weighted by Gasteiger charge is -2.09. The Morgan fingerprint density at radius 3 is 2.62 bits per heavy atom. The third-order valence-corrected chi connectivity index (χ3v) is 3.03. The Labute approximate surface area is 88.0 Å². The highest BCUT2D eigenvalue weighted by molar-refractivity contribution is 9.10. The Hall–Kier alpha value is -0.760. The van der Waals surface area contributed by atoms with Crippen LogP contribution < -0.4 is 5.32 Å². The molecule has 70 valence electrons. The van der Waals surface area contributed by atoms with Crippen molar-refractivity contribution in [2.45, 2.75) is 13.8 Å². The summed E-state index contributed by atoms with van der Waals surface area (Å²) in [5.74, 6) is 0. The van der Waals surface area contributed by atoms with Crippen LogP contribution in [0.1, 0.15) is 18.1 Å². The Bertz CT molecular complexity index is 329. The van der Waals surface area contributed by atoms with E-state index in [1.54, 1.807) is 0 Å². The molecule has 1 aromatic carbocycles. The van der Waals surface area contributed by atoms with Crippen LogP contribution in [0.3, 0.4) is 0 Å². The molecule has 13 heavy (non-hydrogen) atoms. The third kappa shape index (κ3) is 2.13. The summed E-state index contributed by atoms with van der Waals surface area (Å²) in [6.45, 7) is 4.12. The van der Waals surface area contributed by atoms with Crippen LogP contribution in [0, 0.1) is 6.92 Å². The first kappa shape index (κ1) is 10.3. The monoisotopic (exact) mass is 239 g/mol. The van der Waals surface area contributed by atoms with E-state index in [2.05, 4.69) is 46.4 Å². The van der Waals surface area contributed by atoms with Crippen LogP contribution >= 0.6 is 15.9 Å². The maximum atomic E-state index is 3.58. The molecule has 0 spiro atoms. The van der Waals surface area contributed by atoms with Gasteiger partial charge in [-0.3, -0.25) is 0 Å². The van der Waals surface area contributed by atoms with Gasteiger partial charge < -0.3 is 5.32 Å². The molecule has 1 N–H and O–H groups in total. The molecule has 0 aliphatic carbocycles. The molecule has 1 nitrogen and oxygen atoms in total. The van der Waals surface area contributed by atoms with Gasteiger partial charge >= 0.3 is 0 Å². The summed E-state index contributed by atoms with van der Waals surface area (Å²) in [7, 11) is 1.93. The quantitative estimate of drug-likeness (QED) is 0.828. The van der Waals surface area contributed by atoms with Crippen LogP contribution in [-0.4, -0.2) is 7.05 Å². The van der Waals surface area contributed by atoms with E-state index in [0.717, 1.165) is 10.2 Å². The summed E-state index contributed by atoms with van der Waals surface area (Å²) >= 11 is 3.58. The Kier molecular flexibility index (Phi) is 3.55. The van der Waals surface area contributed by atoms with Gasteiger partial charge in [0.1, 0.15) is 0 Å². The minimum absolute atomic E-state index is 1.15. The molecule has 0 unspecified atom stereocenters. The average Bonchev–Trinajstić information content (AvgIpc) is 2.14. The van der Waals surface area contributed by atoms with Crippen LogP contribution in [0.5, 0.6) is 0 Å². The maximum Gasteiger partial charge on any atom is 0.0422 e. The van der Waals surface area contributed by atoms with Crippen LogP contribution in [-0.2, 0) is 0 Å². The summed E-state index contributed by atoms with van der Waals surface area (Å²) in [6, 6.07) is 4.19. The minimum atomic E-state index is 1.15. The number of allylic oxidation sites excluding steroid dienone is 1. The van der Waals surface area contributed by atoms with Crippen molar-refractivity contribution in [2.24, 2.45) is 0 Å². The largest absolute Gasteiger partial charge is 0.388 e. The van der Waals surface area contributed by atoms with Gasteiger partial charge in [-0.15, -0.1) is 0 Å². The van der Waals surface area contributed by atoms with Crippen LogP contribution in [0.25, 0.3) is 6.08 Å². The van der Waals surface area contributed by atoms with Crippen molar-refractivity contribution in [3.05, 3.63) is 33.8 Å². The minimum Gasteiger partial charge on any atom is -0.388 e. The Morgan fingerprint density at radius 1 is 1.38 bits per heavy atom. The number of halogens is 1. The van der Waals surface area contributed by atoms with Crippen molar-refractivity contribution in [3.63, 3.8) is 0 Å². The normalized spacial score (nSPS) is 10.8. The molecule has 0 fully saturated rings. The van der Waals surface area contributed by atoms with Crippen molar-refractivity contribution in [3.8, 4) is 0 Å². The SMILES string of the molecule is C/C=C\c1c(NC)ccc(C)c1Br. The molecule has 0 aliphatic rings. The summed E-state index contributed by atoms with van der Waals surface area (Å²) < 4.78 is 1.16. The van der Waals surface area contributed by atoms with E-state index in [0.29, 0.717) is 0 Å². The van der Waals surface area contributed by atoms with Gasteiger partial charge in [-0.2, -0.15) is 0 Å². The number of rotatable bonds is 2. The molecule has 0 bridgehead atoms. The molecule has 0 amide bonds. The molecular formula is C11H14BrN. The van der Waals surface area contributed by atoms with E-state index in [4.69, 9.17) is 0 Å². The van der Waals surface area contributed by atoms with E-state index >= 15 is 0 Å². The zero-order valence-electron chi connectivity index (χ0n) is 8.19. The summed E-state index contributed by atoms with van der Waals surface area (Å²) in [6.07, 6.45) is 4.14. The van der Waals surface area contributed by atoms with Crippen molar-refractivity contribution in [1.29, 1.82) is 0 Å².